The fraction of sp³-hybridized carbons (Fsp3) is 0.462. The van der Waals surface area contributed by atoms with Crippen LogP contribution < -0.4 is 16.4 Å². The van der Waals surface area contributed by atoms with Gasteiger partial charge in [0.2, 0.25) is 0 Å². The van der Waals surface area contributed by atoms with Crippen LogP contribution in [0.5, 0.6) is 0 Å². The first-order valence-electron chi connectivity index (χ1n) is 6.79. The largest absolute Gasteiger partial charge is 0.382 e. The molecule has 0 spiro atoms. The number of thiazole rings is 2. The minimum absolute atomic E-state index is 0.181. The van der Waals surface area contributed by atoms with Gasteiger partial charge in [0.15, 0.2) is 5.13 Å². The first-order valence-corrected chi connectivity index (χ1v) is 8.49. The molecule has 2 aromatic heterocycles. The lowest BCUT2D eigenvalue weighted by atomic mass is 10.2. The van der Waals surface area contributed by atoms with Crippen molar-refractivity contribution in [1.29, 1.82) is 0 Å². The maximum Gasteiger partial charge on any atom is 0.265 e. The van der Waals surface area contributed by atoms with Gasteiger partial charge in [-0.15, -0.1) is 11.3 Å². The molecule has 1 unspecified atom stereocenters. The minimum atomic E-state index is -0.182. The number of aromatic nitrogens is 2. The number of hydrogen-bond donors (Lipinski definition) is 3. The van der Waals surface area contributed by atoms with Crippen LogP contribution in [0.25, 0.3) is 0 Å². The summed E-state index contributed by atoms with van der Waals surface area (Å²) in [4.78, 5) is 21.0. The smallest absolute Gasteiger partial charge is 0.265 e. The molecular formula is C13H19N5OS2. The molecule has 4 N–H and O–H groups in total. The van der Waals surface area contributed by atoms with E-state index in [9.17, 15) is 4.79 Å². The van der Waals surface area contributed by atoms with E-state index in [1.54, 1.807) is 17.5 Å². The predicted octanol–water partition coefficient (Wildman–Crippen LogP) is 2.54. The molecule has 1 atom stereocenters. The van der Waals surface area contributed by atoms with Gasteiger partial charge < -0.3 is 16.4 Å². The van der Waals surface area contributed by atoms with E-state index in [0.717, 1.165) is 18.0 Å². The lowest BCUT2D eigenvalue weighted by molar-refractivity contribution is 0.0956. The third kappa shape index (κ3) is 4.15. The van der Waals surface area contributed by atoms with Crippen LogP contribution in [0.2, 0.25) is 0 Å². The highest BCUT2D eigenvalue weighted by molar-refractivity contribution is 7.18. The van der Waals surface area contributed by atoms with Crippen LogP contribution in [0.4, 0.5) is 10.9 Å². The van der Waals surface area contributed by atoms with Crippen molar-refractivity contribution >= 4 is 39.5 Å². The molecule has 2 aromatic rings. The fourth-order valence-corrected chi connectivity index (χ4v) is 3.22. The van der Waals surface area contributed by atoms with Gasteiger partial charge in [-0.25, -0.2) is 9.97 Å². The first-order chi connectivity index (χ1) is 10.1. The van der Waals surface area contributed by atoms with Gasteiger partial charge in [0, 0.05) is 30.6 Å². The third-order valence-electron chi connectivity index (χ3n) is 2.83. The molecule has 6 nitrogen and oxygen atoms in total. The zero-order valence-corrected chi connectivity index (χ0v) is 13.7. The Hall–Kier alpha value is -1.67. The Morgan fingerprint density at radius 2 is 2.33 bits per heavy atom. The van der Waals surface area contributed by atoms with E-state index >= 15 is 0 Å². The molecule has 0 bridgehead atoms. The van der Waals surface area contributed by atoms with E-state index in [0.29, 0.717) is 16.6 Å². The zero-order valence-electron chi connectivity index (χ0n) is 12.0. The molecule has 2 rings (SSSR count). The van der Waals surface area contributed by atoms with Crippen LogP contribution in [0.3, 0.4) is 0 Å². The van der Waals surface area contributed by atoms with Gasteiger partial charge in [0.25, 0.3) is 5.91 Å². The molecule has 21 heavy (non-hydrogen) atoms. The number of nitrogens with one attached hydrogen (secondary N) is 2. The molecule has 0 aromatic carbocycles. The van der Waals surface area contributed by atoms with Crippen molar-refractivity contribution in [2.45, 2.75) is 26.2 Å². The zero-order chi connectivity index (χ0) is 15.2. The molecule has 0 saturated carbocycles. The number of anilines is 2. The SMILES string of the molecule is CCCNc1nc(N)c(C(=O)NCC(C)c2nccs2)s1. The van der Waals surface area contributed by atoms with E-state index in [2.05, 4.69) is 27.5 Å². The van der Waals surface area contributed by atoms with Crippen LogP contribution in [0.15, 0.2) is 11.6 Å². The van der Waals surface area contributed by atoms with Crippen molar-refractivity contribution in [1.82, 2.24) is 15.3 Å². The van der Waals surface area contributed by atoms with Gasteiger partial charge >= 0.3 is 0 Å². The summed E-state index contributed by atoms with van der Waals surface area (Å²) in [6.45, 7) is 5.44. The first kappa shape index (κ1) is 15.7. The molecule has 0 radical (unpaired) electrons. The van der Waals surface area contributed by atoms with Crippen LogP contribution in [-0.2, 0) is 0 Å². The van der Waals surface area contributed by atoms with Crippen molar-refractivity contribution in [3.8, 4) is 0 Å². The quantitative estimate of drug-likeness (QED) is 0.727. The fourth-order valence-electron chi connectivity index (χ4n) is 1.69. The Bertz CT molecular complexity index is 581. The number of nitrogen functional groups attached to an aromatic ring is 1. The summed E-state index contributed by atoms with van der Waals surface area (Å²) in [6.07, 6.45) is 2.76. The molecule has 0 saturated heterocycles. The van der Waals surface area contributed by atoms with E-state index in [4.69, 9.17) is 5.73 Å². The minimum Gasteiger partial charge on any atom is -0.382 e. The monoisotopic (exact) mass is 325 g/mol. The highest BCUT2D eigenvalue weighted by Gasteiger charge is 2.17. The number of amides is 1. The van der Waals surface area contributed by atoms with E-state index < -0.39 is 0 Å². The van der Waals surface area contributed by atoms with Crippen LogP contribution >= 0.6 is 22.7 Å². The Morgan fingerprint density at radius 3 is 3.00 bits per heavy atom. The summed E-state index contributed by atoms with van der Waals surface area (Å²) in [7, 11) is 0. The summed E-state index contributed by atoms with van der Waals surface area (Å²) < 4.78 is 0. The highest BCUT2D eigenvalue weighted by Crippen LogP contribution is 2.25. The average Bonchev–Trinajstić information content (AvgIpc) is 3.11. The van der Waals surface area contributed by atoms with E-state index in [-0.39, 0.29) is 17.6 Å². The Kier molecular flexibility index (Phi) is 5.51. The number of nitrogens with zero attached hydrogens (tertiary/aromatic N) is 2. The maximum absolute atomic E-state index is 12.2. The lowest BCUT2D eigenvalue weighted by Crippen LogP contribution is -2.27. The molecule has 1 amide bonds. The molecule has 0 aliphatic carbocycles. The second-order valence-electron chi connectivity index (χ2n) is 4.64. The van der Waals surface area contributed by atoms with Gasteiger partial charge in [0.1, 0.15) is 10.7 Å². The van der Waals surface area contributed by atoms with Crippen molar-refractivity contribution in [3.05, 3.63) is 21.5 Å². The second-order valence-corrected chi connectivity index (χ2v) is 6.57. The number of rotatable bonds is 7. The molecule has 8 heteroatoms. The molecule has 114 valence electrons. The lowest BCUT2D eigenvalue weighted by Gasteiger charge is -2.09. The highest BCUT2D eigenvalue weighted by atomic mass is 32.1. The number of hydrogen-bond acceptors (Lipinski definition) is 7. The van der Waals surface area contributed by atoms with Crippen LogP contribution in [0.1, 0.15) is 40.9 Å². The average molecular weight is 325 g/mol. The van der Waals surface area contributed by atoms with Gasteiger partial charge in [-0.05, 0) is 6.42 Å². The van der Waals surface area contributed by atoms with E-state index in [1.165, 1.54) is 11.3 Å². The van der Waals surface area contributed by atoms with Gasteiger partial charge in [0.05, 0.1) is 5.01 Å². The van der Waals surface area contributed by atoms with Gasteiger partial charge in [-0.2, -0.15) is 0 Å². The second kappa shape index (κ2) is 7.37. The standard InChI is InChI=1S/C13H19N5OS2/c1-3-4-16-13-18-10(14)9(21-13)11(19)17-7-8(2)12-15-5-6-20-12/h5-6,8H,3-4,7,14H2,1-2H3,(H,16,18)(H,17,19). The summed E-state index contributed by atoms with van der Waals surface area (Å²) in [5.41, 5.74) is 5.80. The molecular weight excluding hydrogens is 306 g/mol. The van der Waals surface area contributed by atoms with Gasteiger partial charge in [-0.3, -0.25) is 4.79 Å². The normalized spacial score (nSPS) is 12.1. The Balaban J connectivity index is 1.92. The molecule has 0 aliphatic rings. The third-order valence-corrected chi connectivity index (χ3v) is 4.86. The molecule has 0 fully saturated rings. The molecule has 0 aliphatic heterocycles. The van der Waals surface area contributed by atoms with Gasteiger partial charge in [-0.1, -0.05) is 25.2 Å². The number of carbonyl (C=O) groups excluding carboxylic acids is 1. The van der Waals surface area contributed by atoms with Crippen molar-refractivity contribution in [3.63, 3.8) is 0 Å². The Labute approximate surface area is 131 Å². The van der Waals surface area contributed by atoms with E-state index in [1.807, 2.05) is 12.3 Å². The summed E-state index contributed by atoms with van der Waals surface area (Å²) >= 11 is 2.87. The van der Waals surface area contributed by atoms with Crippen LogP contribution in [-0.4, -0.2) is 29.0 Å². The molecule has 2 heterocycles. The summed E-state index contributed by atoms with van der Waals surface area (Å²) in [5, 5.41) is 9.65. The number of nitrogens with two attached hydrogens (primary N) is 1. The topological polar surface area (TPSA) is 92.9 Å². The van der Waals surface area contributed by atoms with Crippen molar-refractivity contribution in [2.75, 3.05) is 24.1 Å². The summed E-state index contributed by atoms with van der Waals surface area (Å²) in [6, 6.07) is 0. The van der Waals surface area contributed by atoms with Crippen LogP contribution in [0, 0.1) is 0 Å². The van der Waals surface area contributed by atoms with Crippen molar-refractivity contribution < 1.29 is 4.79 Å². The maximum atomic E-state index is 12.2. The number of carbonyl (C=O) groups is 1. The predicted molar refractivity (Wildman–Crippen MR) is 88.2 cm³/mol. The Morgan fingerprint density at radius 1 is 1.52 bits per heavy atom. The summed E-state index contributed by atoms with van der Waals surface area (Å²) in [5.74, 6) is 0.275. The van der Waals surface area contributed by atoms with Crippen molar-refractivity contribution in [2.24, 2.45) is 0 Å².